The van der Waals surface area contributed by atoms with Crippen LogP contribution >= 0.6 is 11.6 Å². The van der Waals surface area contributed by atoms with Crippen LogP contribution in [0.15, 0.2) is 24.3 Å². The second-order valence-electron chi connectivity index (χ2n) is 5.66. The van der Waals surface area contributed by atoms with E-state index in [2.05, 4.69) is 20.7 Å². The zero-order valence-electron chi connectivity index (χ0n) is 13.7. The summed E-state index contributed by atoms with van der Waals surface area (Å²) in [7, 11) is 0. The number of aliphatic carboxylic acids is 1. The molecule has 3 N–H and O–H groups in total. The molecule has 9 nitrogen and oxygen atoms in total. The van der Waals surface area contributed by atoms with Gasteiger partial charge in [0.25, 0.3) is 0 Å². The number of amides is 1. The Morgan fingerprint density at radius 1 is 1.36 bits per heavy atom. The number of halogens is 1. The molecule has 0 fully saturated rings. The molecule has 2 atom stereocenters. The molecule has 0 aliphatic carbocycles. The zero-order valence-corrected chi connectivity index (χ0v) is 14.4. The van der Waals surface area contributed by atoms with Crippen LogP contribution in [0.3, 0.4) is 0 Å². The van der Waals surface area contributed by atoms with Crippen molar-refractivity contribution in [1.82, 2.24) is 25.5 Å². The minimum atomic E-state index is -2.06. The predicted molar refractivity (Wildman–Crippen MR) is 88.9 cm³/mol. The number of aromatic nitrogens is 4. The lowest BCUT2D eigenvalue weighted by atomic mass is 10.1. The monoisotopic (exact) mass is 367 g/mol. The van der Waals surface area contributed by atoms with Gasteiger partial charge in [-0.2, -0.15) is 4.80 Å². The summed E-state index contributed by atoms with van der Waals surface area (Å²) in [5.74, 6) is -1.60. The Morgan fingerprint density at radius 3 is 2.56 bits per heavy atom. The van der Waals surface area contributed by atoms with Crippen molar-refractivity contribution in [3.05, 3.63) is 29.3 Å². The van der Waals surface area contributed by atoms with Crippen LogP contribution in [0, 0.1) is 0 Å². The minimum absolute atomic E-state index is 0.334. The maximum absolute atomic E-state index is 12.3. The Kier molecular flexibility index (Phi) is 5.70. The van der Waals surface area contributed by atoms with Gasteiger partial charge in [-0.15, -0.1) is 10.2 Å². The number of rotatable bonds is 7. The third kappa shape index (κ3) is 4.52. The third-order valence-corrected chi connectivity index (χ3v) is 3.82. The lowest BCUT2D eigenvalue weighted by molar-refractivity contribution is -0.156. The quantitative estimate of drug-likeness (QED) is 0.662. The molecule has 2 rings (SSSR count). The van der Waals surface area contributed by atoms with Crippen LogP contribution in [0.25, 0.3) is 11.4 Å². The Bertz CT molecular complexity index is 760. The Balaban J connectivity index is 2.11. The molecule has 2 aromatic rings. The SMILES string of the molecule is CCC(C(=O)NCC(C)(O)C(=O)O)n1nnc(-c2ccc(Cl)cc2)n1. The van der Waals surface area contributed by atoms with Crippen molar-refractivity contribution in [1.29, 1.82) is 0 Å². The fraction of sp³-hybridized carbons (Fsp3) is 0.400. The van der Waals surface area contributed by atoms with E-state index in [1.807, 2.05) is 0 Å². The van der Waals surface area contributed by atoms with E-state index in [4.69, 9.17) is 16.7 Å². The molecule has 2 unspecified atom stereocenters. The second kappa shape index (κ2) is 7.58. The molecule has 0 aliphatic heterocycles. The van der Waals surface area contributed by atoms with Crippen LogP contribution in [0.2, 0.25) is 5.02 Å². The fourth-order valence-electron chi connectivity index (χ4n) is 1.98. The van der Waals surface area contributed by atoms with Gasteiger partial charge in [-0.25, -0.2) is 4.79 Å². The van der Waals surface area contributed by atoms with Gasteiger partial charge in [-0.05, 0) is 42.8 Å². The normalized spacial score (nSPS) is 14.6. The van der Waals surface area contributed by atoms with E-state index in [-0.39, 0.29) is 0 Å². The minimum Gasteiger partial charge on any atom is -0.479 e. The Morgan fingerprint density at radius 2 is 2.00 bits per heavy atom. The number of benzene rings is 1. The average Bonchev–Trinajstić information content (AvgIpc) is 3.04. The van der Waals surface area contributed by atoms with Gasteiger partial charge in [-0.1, -0.05) is 18.5 Å². The molecule has 0 aliphatic rings. The van der Waals surface area contributed by atoms with E-state index >= 15 is 0 Å². The van der Waals surface area contributed by atoms with Gasteiger partial charge in [0, 0.05) is 10.6 Å². The van der Waals surface area contributed by atoms with Crippen molar-refractivity contribution in [3.63, 3.8) is 0 Å². The fourth-order valence-corrected chi connectivity index (χ4v) is 2.10. The summed E-state index contributed by atoms with van der Waals surface area (Å²) >= 11 is 5.84. The van der Waals surface area contributed by atoms with Gasteiger partial charge >= 0.3 is 5.97 Å². The molecule has 0 radical (unpaired) electrons. The number of carboxylic acid groups (broad SMARTS) is 1. The molecule has 0 bridgehead atoms. The van der Waals surface area contributed by atoms with Crippen molar-refractivity contribution in [2.45, 2.75) is 31.9 Å². The maximum Gasteiger partial charge on any atom is 0.337 e. The molecule has 0 saturated carbocycles. The lowest BCUT2D eigenvalue weighted by Gasteiger charge is -2.20. The highest BCUT2D eigenvalue weighted by molar-refractivity contribution is 6.30. The lowest BCUT2D eigenvalue weighted by Crippen LogP contribution is -2.48. The van der Waals surface area contributed by atoms with Gasteiger partial charge < -0.3 is 15.5 Å². The number of hydrogen-bond acceptors (Lipinski definition) is 6. The number of nitrogens with one attached hydrogen (secondary N) is 1. The molecule has 0 spiro atoms. The van der Waals surface area contributed by atoms with E-state index in [0.717, 1.165) is 11.7 Å². The summed E-state index contributed by atoms with van der Waals surface area (Å²) < 4.78 is 0. The number of carboxylic acids is 1. The van der Waals surface area contributed by atoms with Crippen molar-refractivity contribution in [2.24, 2.45) is 0 Å². The molecular weight excluding hydrogens is 350 g/mol. The molecule has 1 aromatic carbocycles. The standard InChI is InChI=1S/C15H18ClN5O4/c1-3-11(13(22)17-8-15(2,25)14(23)24)21-19-12(18-20-21)9-4-6-10(16)7-5-9/h4-7,11,25H,3,8H2,1-2H3,(H,17,22)(H,23,24). The van der Waals surface area contributed by atoms with E-state index in [9.17, 15) is 14.7 Å². The first kappa shape index (κ1) is 18.8. The second-order valence-corrected chi connectivity index (χ2v) is 6.10. The summed E-state index contributed by atoms with van der Waals surface area (Å²) in [4.78, 5) is 24.3. The summed E-state index contributed by atoms with van der Waals surface area (Å²) in [6.07, 6.45) is 0.359. The Hall–Kier alpha value is -2.52. The van der Waals surface area contributed by atoms with Gasteiger partial charge in [0.2, 0.25) is 11.7 Å². The van der Waals surface area contributed by atoms with Gasteiger partial charge in [0.15, 0.2) is 11.6 Å². The van der Waals surface area contributed by atoms with Crippen LogP contribution in [0.4, 0.5) is 0 Å². The Labute approximate surface area is 148 Å². The van der Waals surface area contributed by atoms with Crippen molar-refractivity contribution < 1.29 is 19.8 Å². The first-order valence-corrected chi connectivity index (χ1v) is 7.91. The van der Waals surface area contributed by atoms with Crippen LogP contribution in [0.1, 0.15) is 26.3 Å². The first-order chi connectivity index (χ1) is 11.7. The smallest absolute Gasteiger partial charge is 0.337 e. The van der Waals surface area contributed by atoms with Gasteiger partial charge in [-0.3, -0.25) is 4.79 Å². The van der Waals surface area contributed by atoms with Crippen LogP contribution in [-0.4, -0.2) is 54.4 Å². The van der Waals surface area contributed by atoms with Crippen LogP contribution in [-0.2, 0) is 9.59 Å². The van der Waals surface area contributed by atoms with E-state index in [1.165, 1.54) is 0 Å². The highest BCUT2D eigenvalue weighted by atomic mass is 35.5. The van der Waals surface area contributed by atoms with Crippen LogP contribution in [0.5, 0.6) is 0 Å². The maximum atomic E-state index is 12.3. The number of carbonyl (C=O) groups excluding carboxylic acids is 1. The largest absolute Gasteiger partial charge is 0.479 e. The molecule has 1 amide bonds. The number of tetrazole rings is 1. The summed E-state index contributed by atoms with van der Waals surface area (Å²) in [5.41, 5.74) is -1.36. The summed E-state index contributed by atoms with van der Waals surface area (Å²) in [6.45, 7) is 2.42. The molecule has 0 saturated heterocycles. The molecule has 134 valence electrons. The topological polar surface area (TPSA) is 130 Å². The number of hydrogen-bond donors (Lipinski definition) is 3. The number of carbonyl (C=O) groups is 2. The van der Waals surface area contributed by atoms with Crippen molar-refractivity contribution in [3.8, 4) is 11.4 Å². The van der Waals surface area contributed by atoms with E-state index < -0.39 is 30.1 Å². The molecule has 1 heterocycles. The summed E-state index contributed by atoms with van der Waals surface area (Å²) in [6, 6.07) is 6.06. The zero-order chi connectivity index (χ0) is 18.6. The first-order valence-electron chi connectivity index (χ1n) is 7.53. The van der Waals surface area contributed by atoms with Gasteiger partial charge in [0.1, 0.15) is 0 Å². The van der Waals surface area contributed by atoms with E-state index in [0.29, 0.717) is 22.8 Å². The highest BCUT2D eigenvalue weighted by Crippen LogP contribution is 2.18. The van der Waals surface area contributed by atoms with Crippen molar-refractivity contribution in [2.75, 3.05) is 6.54 Å². The number of aliphatic hydroxyl groups is 1. The summed E-state index contributed by atoms with van der Waals surface area (Å²) in [5, 5.41) is 33.5. The predicted octanol–water partition coefficient (Wildman–Crippen LogP) is 0.896. The highest BCUT2D eigenvalue weighted by Gasteiger charge is 2.32. The molecule has 10 heteroatoms. The third-order valence-electron chi connectivity index (χ3n) is 3.57. The molecule has 1 aromatic heterocycles. The van der Waals surface area contributed by atoms with Gasteiger partial charge in [0.05, 0.1) is 6.54 Å². The average molecular weight is 368 g/mol. The number of nitrogens with zero attached hydrogens (tertiary/aromatic N) is 4. The van der Waals surface area contributed by atoms with Crippen LogP contribution < -0.4 is 5.32 Å². The molecular formula is C15H18ClN5O4. The molecule has 25 heavy (non-hydrogen) atoms. The van der Waals surface area contributed by atoms with Crippen molar-refractivity contribution >= 4 is 23.5 Å². The van der Waals surface area contributed by atoms with E-state index in [1.54, 1.807) is 31.2 Å².